The van der Waals surface area contributed by atoms with E-state index in [9.17, 15) is 30.4 Å². The van der Waals surface area contributed by atoms with Gasteiger partial charge in [0, 0.05) is 0 Å². The monoisotopic (exact) mass is 451 g/mol. The van der Waals surface area contributed by atoms with Crippen molar-refractivity contribution < 1.29 is 30.4 Å². The molecule has 0 saturated heterocycles. The van der Waals surface area contributed by atoms with Crippen molar-refractivity contribution in [2.45, 2.75) is 6.18 Å². The van der Waals surface area contributed by atoms with Gasteiger partial charge in [-0.05, 0) is 0 Å². The van der Waals surface area contributed by atoms with E-state index in [1.54, 1.807) is 4.72 Å². The molecule has 11 heteroatoms. The van der Waals surface area contributed by atoms with Crippen molar-refractivity contribution in [1.82, 2.24) is 0 Å². The molecule has 0 amide bonds. The number of rotatable bonds is 3. The number of allylic oxidation sites excluding steroid dienone is 2. The summed E-state index contributed by atoms with van der Waals surface area (Å²) >= 11 is -2.43. The number of nitrogens with zero attached hydrogens (tertiary/aromatic N) is 1. The molecular formula is C12H5F5InN2O2S. The molecule has 119 valence electrons. The van der Waals surface area contributed by atoms with Crippen LogP contribution in [-0.4, -0.2) is 37.5 Å². The van der Waals surface area contributed by atoms with E-state index in [-0.39, 0.29) is 0 Å². The van der Waals surface area contributed by atoms with Crippen molar-refractivity contribution in [3.8, 4) is 6.07 Å². The van der Waals surface area contributed by atoms with Gasteiger partial charge in [-0.3, -0.25) is 0 Å². The Kier molecular flexibility index (Phi) is 4.77. The van der Waals surface area contributed by atoms with E-state index in [0.29, 0.717) is 12.1 Å². The summed E-state index contributed by atoms with van der Waals surface area (Å²) < 4.78 is 91.3. The van der Waals surface area contributed by atoms with E-state index < -0.39 is 70.2 Å². The van der Waals surface area contributed by atoms with Crippen molar-refractivity contribution in [2.75, 3.05) is 4.72 Å². The molecule has 0 aliphatic carbocycles. The van der Waals surface area contributed by atoms with E-state index in [1.165, 1.54) is 9.90 Å². The zero-order chi connectivity index (χ0) is 17.4. The summed E-state index contributed by atoms with van der Waals surface area (Å²) in [5.74, 6) is -2.47. The number of hydrogen-bond acceptors (Lipinski definition) is 3. The van der Waals surface area contributed by atoms with E-state index in [1.807, 2.05) is 0 Å². The Labute approximate surface area is 138 Å². The summed E-state index contributed by atoms with van der Waals surface area (Å²) in [6, 6.07) is 2.21. The molecule has 0 aromatic heterocycles. The van der Waals surface area contributed by atoms with Crippen LogP contribution in [0.1, 0.15) is 5.56 Å². The van der Waals surface area contributed by atoms with Gasteiger partial charge in [-0.1, -0.05) is 0 Å². The molecule has 1 aromatic rings. The number of nitrogens with one attached hydrogen (secondary N) is 1. The zero-order valence-electron chi connectivity index (χ0n) is 10.9. The fourth-order valence-electron chi connectivity index (χ4n) is 1.78. The first-order valence-corrected chi connectivity index (χ1v) is 10.8. The summed E-state index contributed by atoms with van der Waals surface area (Å²) in [7, 11) is -4.72. The Morgan fingerprint density at radius 3 is 2.39 bits per heavy atom. The third-order valence-electron chi connectivity index (χ3n) is 2.79. The first-order valence-electron chi connectivity index (χ1n) is 5.81. The van der Waals surface area contributed by atoms with Gasteiger partial charge in [0.15, 0.2) is 0 Å². The minimum atomic E-state index is -4.79. The number of alkyl halides is 3. The second-order valence-electron chi connectivity index (χ2n) is 4.33. The van der Waals surface area contributed by atoms with Crippen LogP contribution < -0.4 is 4.72 Å². The molecule has 1 aromatic carbocycles. The van der Waals surface area contributed by atoms with Crippen molar-refractivity contribution in [2.24, 2.45) is 0 Å². The van der Waals surface area contributed by atoms with Crippen molar-refractivity contribution in [3.05, 3.63) is 47.5 Å². The SMILES string of the molecule is N#Cc1cc(F)c(NS(=O)(=O)C2=[C](C(F)(F)F)[In][CH]=C2)cc1F. The van der Waals surface area contributed by atoms with E-state index in [4.69, 9.17) is 5.26 Å². The maximum absolute atomic E-state index is 13.7. The topological polar surface area (TPSA) is 70.0 Å². The van der Waals surface area contributed by atoms with Crippen LogP contribution in [0.3, 0.4) is 0 Å². The number of halogens is 5. The average Bonchev–Trinajstić information content (AvgIpc) is 2.92. The van der Waals surface area contributed by atoms with Gasteiger partial charge in [-0.15, -0.1) is 0 Å². The van der Waals surface area contributed by atoms with Crippen LogP contribution in [0.5, 0.6) is 0 Å². The molecule has 2 rings (SSSR count). The van der Waals surface area contributed by atoms with Gasteiger partial charge in [0.1, 0.15) is 0 Å². The summed E-state index contributed by atoms with van der Waals surface area (Å²) in [4.78, 5) is -0.977. The van der Waals surface area contributed by atoms with E-state index in [2.05, 4.69) is 0 Å². The van der Waals surface area contributed by atoms with Gasteiger partial charge in [-0.2, -0.15) is 0 Å². The van der Waals surface area contributed by atoms with Gasteiger partial charge in [-0.25, -0.2) is 0 Å². The predicted octanol–water partition coefficient (Wildman–Crippen LogP) is 2.58. The van der Waals surface area contributed by atoms with Gasteiger partial charge in [0.25, 0.3) is 0 Å². The number of anilines is 1. The second-order valence-corrected chi connectivity index (χ2v) is 9.68. The fourth-order valence-corrected chi connectivity index (χ4v) is 7.84. The third-order valence-corrected chi connectivity index (χ3v) is 8.68. The molecule has 0 unspecified atom stereocenters. The molecule has 4 nitrogen and oxygen atoms in total. The Balaban J connectivity index is 2.46. The van der Waals surface area contributed by atoms with Gasteiger partial charge >= 0.3 is 139 Å². The molecular weight excluding hydrogens is 446 g/mol. The molecule has 0 bridgehead atoms. The normalized spacial score (nSPS) is 14.6. The van der Waals surface area contributed by atoms with Crippen molar-refractivity contribution in [1.29, 1.82) is 5.26 Å². The Bertz CT molecular complexity index is 869. The standard InChI is InChI=1S/C12H5F5N2O2S.In/c1-2-8(5-12(15,16)17)22(20,21)19-11-4-9(13)7(6-18)3-10(11)14;/h1-4,19H;. The number of benzene rings is 1. The van der Waals surface area contributed by atoms with Crippen LogP contribution in [0.15, 0.2) is 30.3 Å². The quantitative estimate of drug-likeness (QED) is 0.719. The second kappa shape index (κ2) is 6.16. The van der Waals surface area contributed by atoms with Crippen LogP contribution in [0, 0.1) is 23.0 Å². The average molecular weight is 451 g/mol. The van der Waals surface area contributed by atoms with Crippen LogP contribution in [-0.2, 0) is 10.0 Å². The third kappa shape index (κ3) is 3.69. The van der Waals surface area contributed by atoms with Crippen LogP contribution in [0.4, 0.5) is 27.6 Å². The molecule has 23 heavy (non-hydrogen) atoms. The van der Waals surface area contributed by atoms with E-state index >= 15 is 0 Å². The zero-order valence-corrected chi connectivity index (χ0v) is 15.1. The molecule has 1 N–H and O–H groups in total. The molecule has 0 saturated carbocycles. The number of hydrogen-bond donors (Lipinski definition) is 1. The predicted molar refractivity (Wildman–Crippen MR) is 71.6 cm³/mol. The fraction of sp³-hybridized carbons (Fsp3) is 0.0833. The summed E-state index contributed by atoms with van der Waals surface area (Å²) in [6.07, 6.45) is -3.96. The van der Waals surface area contributed by atoms with Gasteiger partial charge < -0.3 is 0 Å². The minimum absolute atomic E-state index is 0.402. The molecule has 1 radical (unpaired) electrons. The Morgan fingerprint density at radius 2 is 1.83 bits per heavy atom. The maximum atomic E-state index is 13.7. The Hall–Kier alpha value is -1.54. The summed E-state index contributed by atoms with van der Waals surface area (Å²) in [5, 5.41) is 8.53. The van der Waals surface area contributed by atoms with Crippen LogP contribution in [0.25, 0.3) is 0 Å². The molecule has 1 aliphatic heterocycles. The van der Waals surface area contributed by atoms with Crippen molar-refractivity contribution >= 4 is 38.6 Å². The first-order chi connectivity index (χ1) is 10.6. The molecule has 0 atom stereocenters. The Morgan fingerprint density at radius 1 is 1.17 bits per heavy atom. The van der Waals surface area contributed by atoms with E-state index in [0.717, 1.165) is 6.08 Å². The molecule has 0 spiro atoms. The van der Waals surface area contributed by atoms with Gasteiger partial charge in [0.05, 0.1) is 0 Å². The van der Waals surface area contributed by atoms with Gasteiger partial charge in [0.2, 0.25) is 0 Å². The van der Waals surface area contributed by atoms with Crippen LogP contribution in [0.2, 0.25) is 0 Å². The number of nitriles is 1. The molecule has 1 aliphatic rings. The molecule has 1 heterocycles. The number of sulfonamides is 1. The van der Waals surface area contributed by atoms with Crippen LogP contribution >= 0.6 is 0 Å². The molecule has 0 fully saturated rings. The first kappa shape index (κ1) is 17.8. The van der Waals surface area contributed by atoms with Crippen molar-refractivity contribution in [3.63, 3.8) is 0 Å². The summed E-state index contributed by atoms with van der Waals surface area (Å²) in [6.45, 7) is 0. The summed E-state index contributed by atoms with van der Waals surface area (Å²) in [5.41, 5.74) is -1.53.